The third-order valence-electron chi connectivity index (χ3n) is 2.21. The Hall–Kier alpha value is -0.940. The molecule has 0 unspecified atom stereocenters. The smallest absolute Gasteiger partial charge is 0.271 e. The maximum absolute atomic E-state index is 11.8. The monoisotopic (exact) mass is 212 g/mol. The normalized spacial score (nSPS) is 17.1. The highest BCUT2D eigenvalue weighted by molar-refractivity contribution is 7.03. The van der Waals surface area contributed by atoms with Gasteiger partial charge in [0.25, 0.3) is 5.91 Å². The van der Waals surface area contributed by atoms with Crippen LogP contribution in [0.15, 0.2) is 5.38 Å². The molecule has 1 aromatic heterocycles. The van der Waals surface area contributed by atoms with Crippen molar-refractivity contribution in [3.63, 3.8) is 0 Å². The molecule has 4 nitrogen and oxygen atoms in total. The molecule has 0 aliphatic carbocycles. The maximum Gasteiger partial charge on any atom is 0.280 e. The van der Waals surface area contributed by atoms with E-state index in [1.807, 2.05) is 6.92 Å². The van der Waals surface area contributed by atoms with E-state index in [-0.39, 0.29) is 5.91 Å². The van der Waals surface area contributed by atoms with Gasteiger partial charge in [0.1, 0.15) is 0 Å². The Morgan fingerprint density at radius 2 is 2.50 bits per heavy atom. The molecule has 0 atom stereocenters. The van der Waals surface area contributed by atoms with E-state index in [9.17, 15) is 4.79 Å². The van der Waals surface area contributed by atoms with Crippen LogP contribution >= 0.6 is 11.5 Å². The summed E-state index contributed by atoms with van der Waals surface area (Å²) in [5.41, 5.74) is 1.45. The van der Waals surface area contributed by atoms with Gasteiger partial charge in [0.05, 0.1) is 17.9 Å². The van der Waals surface area contributed by atoms with Crippen molar-refractivity contribution in [2.24, 2.45) is 0 Å². The first-order valence-electron chi connectivity index (χ1n) is 4.65. The van der Waals surface area contributed by atoms with Crippen molar-refractivity contribution in [2.75, 3.05) is 13.2 Å². The quantitative estimate of drug-likeness (QED) is 0.710. The predicted octanol–water partition coefficient (Wildman–Crippen LogP) is 1.62. The molecular weight excluding hydrogens is 200 g/mol. The van der Waals surface area contributed by atoms with Gasteiger partial charge in [-0.1, -0.05) is 0 Å². The second-order valence-corrected chi connectivity index (χ2v) is 3.89. The number of carbonyl (C=O) groups is 1. The number of aryl methyl sites for hydroxylation is 1. The number of hydroxylamine groups is 2. The Bertz CT molecular complexity index is 331. The molecule has 1 aliphatic heterocycles. The summed E-state index contributed by atoms with van der Waals surface area (Å²) < 4.78 is 4.07. The zero-order valence-electron chi connectivity index (χ0n) is 8.02. The largest absolute Gasteiger partial charge is 0.280 e. The molecule has 76 valence electrons. The summed E-state index contributed by atoms with van der Waals surface area (Å²) in [5, 5.41) is 3.22. The zero-order chi connectivity index (χ0) is 9.97. The summed E-state index contributed by atoms with van der Waals surface area (Å²) in [6, 6.07) is 0. The van der Waals surface area contributed by atoms with Crippen LogP contribution in [0.4, 0.5) is 0 Å². The first kappa shape index (κ1) is 9.61. The van der Waals surface area contributed by atoms with Crippen molar-refractivity contribution in [3.8, 4) is 0 Å². The maximum atomic E-state index is 11.8. The lowest BCUT2D eigenvalue weighted by atomic mass is 10.2. The minimum absolute atomic E-state index is 0.0593. The van der Waals surface area contributed by atoms with Crippen molar-refractivity contribution in [1.29, 1.82) is 0 Å². The molecule has 14 heavy (non-hydrogen) atoms. The molecule has 0 N–H and O–H groups in total. The first-order chi connectivity index (χ1) is 6.79. The van der Waals surface area contributed by atoms with Crippen molar-refractivity contribution in [3.05, 3.63) is 16.6 Å². The number of nitrogens with zero attached hydrogens (tertiary/aromatic N) is 2. The van der Waals surface area contributed by atoms with E-state index in [2.05, 4.69) is 4.37 Å². The van der Waals surface area contributed by atoms with Crippen LogP contribution in [0.2, 0.25) is 0 Å². The molecule has 1 amide bonds. The molecule has 0 aromatic carbocycles. The van der Waals surface area contributed by atoms with Crippen LogP contribution in [0.5, 0.6) is 0 Å². The molecule has 5 heteroatoms. The minimum Gasteiger partial charge on any atom is -0.271 e. The molecule has 0 radical (unpaired) electrons. The van der Waals surface area contributed by atoms with E-state index in [1.54, 1.807) is 5.38 Å². The topological polar surface area (TPSA) is 42.4 Å². The highest BCUT2D eigenvalue weighted by Gasteiger charge is 2.21. The van der Waals surface area contributed by atoms with Crippen LogP contribution in [-0.4, -0.2) is 28.5 Å². The second kappa shape index (κ2) is 4.06. The van der Waals surface area contributed by atoms with Gasteiger partial charge in [-0.25, -0.2) is 5.06 Å². The van der Waals surface area contributed by atoms with Gasteiger partial charge >= 0.3 is 0 Å². The van der Waals surface area contributed by atoms with Gasteiger partial charge in [0.15, 0.2) is 0 Å². The average molecular weight is 212 g/mol. The SMILES string of the molecule is Cc1nscc1C(=O)N1CCCCO1. The van der Waals surface area contributed by atoms with Crippen LogP contribution < -0.4 is 0 Å². The van der Waals surface area contributed by atoms with Crippen molar-refractivity contribution in [2.45, 2.75) is 19.8 Å². The van der Waals surface area contributed by atoms with Crippen molar-refractivity contribution >= 4 is 17.4 Å². The molecule has 1 saturated heterocycles. The number of carbonyl (C=O) groups excluding carboxylic acids is 1. The molecule has 2 heterocycles. The fourth-order valence-corrected chi connectivity index (χ4v) is 2.07. The van der Waals surface area contributed by atoms with Gasteiger partial charge < -0.3 is 0 Å². The summed E-state index contributed by atoms with van der Waals surface area (Å²) in [4.78, 5) is 17.1. The van der Waals surface area contributed by atoms with Crippen LogP contribution in [0.1, 0.15) is 28.9 Å². The number of hydrogen-bond donors (Lipinski definition) is 0. The summed E-state index contributed by atoms with van der Waals surface area (Å²) in [7, 11) is 0. The highest BCUT2D eigenvalue weighted by atomic mass is 32.1. The van der Waals surface area contributed by atoms with Gasteiger partial charge in [-0.05, 0) is 31.3 Å². The number of aromatic nitrogens is 1. The Morgan fingerprint density at radius 3 is 3.07 bits per heavy atom. The number of rotatable bonds is 1. The molecular formula is C9H12N2O2S. The summed E-state index contributed by atoms with van der Waals surface area (Å²) >= 11 is 1.31. The third kappa shape index (κ3) is 1.78. The number of hydrogen-bond acceptors (Lipinski definition) is 4. The zero-order valence-corrected chi connectivity index (χ0v) is 8.84. The lowest BCUT2D eigenvalue weighted by molar-refractivity contribution is -0.144. The van der Waals surface area contributed by atoms with E-state index >= 15 is 0 Å². The molecule has 0 spiro atoms. The highest BCUT2D eigenvalue weighted by Crippen LogP contribution is 2.15. The van der Waals surface area contributed by atoms with Crippen LogP contribution in [0.3, 0.4) is 0 Å². The van der Waals surface area contributed by atoms with E-state index in [4.69, 9.17) is 4.84 Å². The second-order valence-electron chi connectivity index (χ2n) is 3.26. The molecule has 0 saturated carbocycles. The fourth-order valence-electron chi connectivity index (χ4n) is 1.39. The van der Waals surface area contributed by atoms with Gasteiger partial charge in [0.2, 0.25) is 0 Å². The van der Waals surface area contributed by atoms with Crippen molar-refractivity contribution < 1.29 is 9.63 Å². The van der Waals surface area contributed by atoms with Crippen LogP contribution in [0.25, 0.3) is 0 Å². The Labute approximate surface area is 86.6 Å². The standard InChI is InChI=1S/C9H12N2O2S/c1-7-8(6-14-10-7)9(12)11-4-2-3-5-13-11/h6H,2-5H2,1H3. The van der Waals surface area contributed by atoms with E-state index < -0.39 is 0 Å². The summed E-state index contributed by atoms with van der Waals surface area (Å²) in [6.07, 6.45) is 2.05. The molecule has 1 fully saturated rings. The Kier molecular flexibility index (Phi) is 2.79. The minimum atomic E-state index is -0.0593. The Balaban J connectivity index is 2.11. The van der Waals surface area contributed by atoms with E-state index in [0.717, 1.165) is 18.5 Å². The fraction of sp³-hybridized carbons (Fsp3) is 0.556. The van der Waals surface area contributed by atoms with Crippen LogP contribution in [0, 0.1) is 6.92 Å². The van der Waals surface area contributed by atoms with Gasteiger partial charge in [-0.3, -0.25) is 9.63 Å². The van der Waals surface area contributed by atoms with Gasteiger partial charge in [-0.15, -0.1) is 0 Å². The molecule has 1 aliphatic rings. The van der Waals surface area contributed by atoms with E-state index in [1.165, 1.54) is 16.6 Å². The third-order valence-corrected chi connectivity index (χ3v) is 2.93. The molecule has 0 bridgehead atoms. The first-order valence-corrected chi connectivity index (χ1v) is 5.48. The lowest BCUT2D eigenvalue weighted by Crippen LogP contribution is -2.35. The van der Waals surface area contributed by atoms with Crippen molar-refractivity contribution in [1.82, 2.24) is 9.44 Å². The van der Waals surface area contributed by atoms with Gasteiger partial charge in [-0.2, -0.15) is 4.37 Å². The molecule has 1 aromatic rings. The van der Waals surface area contributed by atoms with Gasteiger partial charge in [0, 0.05) is 11.9 Å². The number of amides is 1. The summed E-state index contributed by atoms with van der Waals surface area (Å²) in [5.74, 6) is -0.0593. The predicted molar refractivity (Wildman–Crippen MR) is 53.1 cm³/mol. The van der Waals surface area contributed by atoms with Crippen LogP contribution in [-0.2, 0) is 4.84 Å². The molecule has 2 rings (SSSR count). The Morgan fingerprint density at radius 1 is 1.64 bits per heavy atom. The lowest BCUT2D eigenvalue weighted by Gasteiger charge is -2.25. The average Bonchev–Trinajstić information content (AvgIpc) is 2.65. The summed E-state index contributed by atoms with van der Waals surface area (Å²) in [6.45, 7) is 3.17. The van der Waals surface area contributed by atoms with E-state index in [0.29, 0.717) is 18.7 Å².